The first kappa shape index (κ1) is 19.0. The van der Waals surface area contributed by atoms with E-state index >= 15 is 0 Å². The molecule has 1 N–H and O–H groups in total. The van der Waals surface area contributed by atoms with Crippen LogP contribution in [0.2, 0.25) is 0 Å². The van der Waals surface area contributed by atoms with Crippen LogP contribution >= 0.6 is 0 Å². The van der Waals surface area contributed by atoms with Crippen LogP contribution < -0.4 is 4.74 Å². The van der Waals surface area contributed by atoms with Crippen LogP contribution in [0.3, 0.4) is 0 Å². The lowest BCUT2D eigenvalue weighted by Crippen LogP contribution is -2.30. The molecule has 0 aliphatic rings. The zero-order chi connectivity index (χ0) is 18.8. The van der Waals surface area contributed by atoms with Crippen molar-refractivity contribution in [3.63, 3.8) is 0 Å². The number of carboxylic acid groups (broad SMARTS) is 1. The van der Waals surface area contributed by atoms with Crippen molar-refractivity contribution < 1.29 is 14.6 Å². The first-order chi connectivity index (χ1) is 11.6. The van der Waals surface area contributed by atoms with Gasteiger partial charge < -0.3 is 9.84 Å². The standard InChI is InChI=1S/C22H28O3/c1-14-11-15(2)19(16(3)12-14)13-20(21(23)24)25-18-9-7-17(8-10-18)22(4,5)6/h7-12,20H,13H2,1-6H3,(H,23,24)/t20-/m0/s1. The fourth-order valence-electron chi connectivity index (χ4n) is 3.09. The lowest BCUT2D eigenvalue weighted by molar-refractivity contribution is -0.145. The van der Waals surface area contributed by atoms with Gasteiger partial charge in [-0.05, 0) is 60.6 Å². The predicted molar refractivity (Wildman–Crippen MR) is 102 cm³/mol. The molecule has 3 heteroatoms. The van der Waals surface area contributed by atoms with Gasteiger partial charge in [0, 0.05) is 6.42 Å². The molecular weight excluding hydrogens is 312 g/mol. The zero-order valence-electron chi connectivity index (χ0n) is 16.0. The fourth-order valence-corrected chi connectivity index (χ4v) is 3.09. The van der Waals surface area contributed by atoms with Gasteiger partial charge in [0.05, 0.1) is 0 Å². The van der Waals surface area contributed by atoms with E-state index in [2.05, 4.69) is 32.9 Å². The minimum atomic E-state index is -0.945. The smallest absolute Gasteiger partial charge is 0.345 e. The average Bonchev–Trinajstić information content (AvgIpc) is 2.48. The van der Waals surface area contributed by atoms with Crippen molar-refractivity contribution >= 4 is 5.97 Å². The summed E-state index contributed by atoms with van der Waals surface area (Å²) < 4.78 is 5.79. The van der Waals surface area contributed by atoms with E-state index in [1.165, 1.54) is 11.1 Å². The van der Waals surface area contributed by atoms with Crippen molar-refractivity contribution in [2.45, 2.75) is 59.5 Å². The quantitative estimate of drug-likeness (QED) is 0.834. The molecule has 0 amide bonds. The van der Waals surface area contributed by atoms with E-state index in [0.717, 1.165) is 16.7 Å². The number of hydrogen-bond acceptors (Lipinski definition) is 2. The molecule has 0 bridgehead atoms. The highest BCUT2D eigenvalue weighted by atomic mass is 16.5. The number of rotatable bonds is 5. The minimum absolute atomic E-state index is 0.0564. The maximum Gasteiger partial charge on any atom is 0.345 e. The van der Waals surface area contributed by atoms with Crippen LogP contribution in [0.5, 0.6) is 5.75 Å². The summed E-state index contributed by atoms with van der Waals surface area (Å²) in [4.78, 5) is 11.7. The van der Waals surface area contributed by atoms with Crippen molar-refractivity contribution in [2.75, 3.05) is 0 Å². The van der Waals surface area contributed by atoms with Crippen LogP contribution in [0.15, 0.2) is 36.4 Å². The van der Waals surface area contributed by atoms with Crippen molar-refractivity contribution in [1.82, 2.24) is 0 Å². The lowest BCUT2D eigenvalue weighted by Gasteiger charge is -2.21. The number of ether oxygens (including phenoxy) is 1. The Balaban J connectivity index is 2.21. The summed E-state index contributed by atoms with van der Waals surface area (Å²) in [5.41, 5.74) is 5.69. The predicted octanol–water partition coefficient (Wildman–Crippen LogP) is 4.98. The Labute approximate surface area is 150 Å². The van der Waals surface area contributed by atoms with Gasteiger partial charge in [0.15, 0.2) is 6.10 Å². The van der Waals surface area contributed by atoms with Crippen molar-refractivity contribution in [3.8, 4) is 5.75 Å². The van der Waals surface area contributed by atoms with Crippen LogP contribution in [-0.2, 0) is 16.6 Å². The maximum absolute atomic E-state index is 11.7. The van der Waals surface area contributed by atoms with Gasteiger partial charge in [-0.1, -0.05) is 50.6 Å². The van der Waals surface area contributed by atoms with Crippen molar-refractivity contribution in [3.05, 3.63) is 64.2 Å². The highest BCUT2D eigenvalue weighted by Crippen LogP contribution is 2.26. The molecule has 2 aromatic carbocycles. The van der Waals surface area contributed by atoms with E-state index in [4.69, 9.17) is 4.74 Å². The van der Waals surface area contributed by atoms with Gasteiger partial charge in [-0.2, -0.15) is 0 Å². The number of benzene rings is 2. The van der Waals surface area contributed by atoms with Gasteiger partial charge in [-0.15, -0.1) is 0 Å². The molecule has 0 saturated carbocycles. The summed E-state index contributed by atoms with van der Waals surface area (Å²) >= 11 is 0. The summed E-state index contributed by atoms with van der Waals surface area (Å²) in [6.07, 6.45) is -0.547. The third-order valence-electron chi connectivity index (χ3n) is 4.50. The zero-order valence-corrected chi connectivity index (χ0v) is 16.0. The van der Waals surface area contributed by atoms with E-state index in [-0.39, 0.29) is 5.41 Å². The van der Waals surface area contributed by atoms with Gasteiger partial charge >= 0.3 is 5.97 Å². The second-order valence-corrected chi connectivity index (χ2v) is 7.80. The Morgan fingerprint density at radius 3 is 2.00 bits per heavy atom. The van der Waals surface area contributed by atoms with Crippen LogP contribution in [0.1, 0.15) is 48.6 Å². The molecule has 0 heterocycles. The molecule has 0 spiro atoms. The monoisotopic (exact) mass is 340 g/mol. The van der Waals surface area contributed by atoms with Gasteiger partial charge in [-0.3, -0.25) is 0 Å². The second-order valence-electron chi connectivity index (χ2n) is 7.80. The number of carbonyl (C=O) groups is 1. The molecule has 0 fully saturated rings. The minimum Gasteiger partial charge on any atom is -0.478 e. The molecule has 134 valence electrons. The first-order valence-electron chi connectivity index (χ1n) is 8.64. The van der Waals surface area contributed by atoms with E-state index in [1.807, 2.05) is 45.0 Å². The van der Waals surface area contributed by atoms with Crippen molar-refractivity contribution in [2.24, 2.45) is 0 Å². The molecule has 2 rings (SSSR count). The molecule has 3 nitrogen and oxygen atoms in total. The Kier molecular flexibility index (Phi) is 5.56. The summed E-state index contributed by atoms with van der Waals surface area (Å²) in [5, 5.41) is 9.59. The van der Waals surface area contributed by atoms with Gasteiger partial charge in [0.2, 0.25) is 0 Å². The molecule has 0 aliphatic heterocycles. The highest BCUT2D eigenvalue weighted by molar-refractivity contribution is 5.73. The molecule has 0 saturated heterocycles. The first-order valence-corrected chi connectivity index (χ1v) is 8.64. The van der Waals surface area contributed by atoms with Gasteiger partial charge in [0.1, 0.15) is 5.75 Å². The van der Waals surface area contributed by atoms with Gasteiger partial charge in [-0.25, -0.2) is 4.79 Å². The summed E-state index contributed by atoms with van der Waals surface area (Å²) in [5.74, 6) is -0.359. The van der Waals surface area contributed by atoms with E-state index in [0.29, 0.717) is 12.2 Å². The summed E-state index contributed by atoms with van der Waals surface area (Å²) in [7, 11) is 0. The number of aliphatic carboxylic acids is 1. The van der Waals surface area contributed by atoms with E-state index in [1.54, 1.807) is 0 Å². The topological polar surface area (TPSA) is 46.5 Å². The molecule has 0 unspecified atom stereocenters. The number of hydrogen-bond donors (Lipinski definition) is 1. The Morgan fingerprint density at radius 1 is 1.04 bits per heavy atom. The normalized spacial score (nSPS) is 12.7. The maximum atomic E-state index is 11.7. The lowest BCUT2D eigenvalue weighted by atomic mass is 9.87. The summed E-state index contributed by atoms with van der Waals surface area (Å²) in [6, 6.07) is 11.9. The third kappa shape index (κ3) is 4.85. The molecule has 2 aromatic rings. The molecule has 0 radical (unpaired) electrons. The molecule has 25 heavy (non-hydrogen) atoms. The van der Waals surface area contributed by atoms with Crippen LogP contribution in [0, 0.1) is 20.8 Å². The Bertz CT molecular complexity index is 729. The Morgan fingerprint density at radius 2 is 1.56 bits per heavy atom. The molecule has 0 aliphatic carbocycles. The van der Waals surface area contributed by atoms with Gasteiger partial charge in [0.25, 0.3) is 0 Å². The number of carboxylic acids is 1. The number of aryl methyl sites for hydroxylation is 3. The SMILES string of the molecule is Cc1cc(C)c(C[C@H](Oc2ccc(C(C)(C)C)cc2)C(=O)O)c(C)c1. The van der Waals surface area contributed by atoms with Crippen LogP contribution in [0.4, 0.5) is 0 Å². The van der Waals surface area contributed by atoms with E-state index in [9.17, 15) is 9.90 Å². The van der Waals surface area contributed by atoms with E-state index < -0.39 is 12.1 Å². The Hall–Kier alpha value is -2.29. The summed E-state index contributed by atoms with van der Waals surface area (Å²) in [6.45, 7) is 12.5. The molecule has 0 aromatic heterocycles. The molecule has 1 atom stereocenters. The fraction of sp³-hybridized carbons (Fsp3) is 0.409. The molecular formula is C22H28O3. The average molecular weight is 340 g/mol. The van der Waals surface area contributed by atoms with Crippen LogP contribution in [0.25, 0.3) is 0 Å². The van der Waals surface area contributed by atoms with Crippen LogP contribution in [-0.4, -0.2) is 17.2 Å². The van der Waals surface area contributed by atoms with Crippen molar-refractivity contribution in [1.29, 1.82) is 0 Å². The third-order valence-corrected chi connectivity index (χ3v) is 4.50. The largest absolute Gasteiger partial charge is 0.478 e. The highest BCUT2D eigenvalue weighted by Gasteiger charge is 2.22. The second kappa shape index (κ2) is 7.30.